The van der Waals surface area contributed by atoms with Crippen molar-refractivity contribution in [3.8, 4) is 0 Å². The summed E-state index contributed by atoms with van der Waals surface area (Å²) in [4.78, 5) is 0. The average Bonchev–Trinajstić information content (AvgIpc) is 2.99. The molecule has 0 atom stereocenters. The Bertz CT molecular complexity index is 688. The van der Waals surface area contributed by atoms with Gasteiger partial charge in [0.2, 0.25) is 0 Å². The summed E-state index contributed by atoms with van der Waals surface area (Å²) in [6.45, 7) is 18.1. The topological polar surface area (TPSA) is 18.5 Å². The standard InChI is InChI=1S/C16H22BO2.3C4H9.Sn/c1-6-14(12-13-10-8-7-9-11-13)17-18-15(2,3)16(4,5)19-17;3*1-3-4-2;/h7-11H,6H2,1-5H3;3*1,3-4H2,2H3;. The molecule has 1 fully saturated rings. The van der Waals surface area contributed by atoms with Gasteiger partial charge in [-0.05, 0) is 0 Å². The number of benzene rings is 1. The van der Waals surface area contributed by atoms with E-state index in [0.29, 0.717) is 0 Å². The Balaban J connectivity index is 2.74. The zero-order chi connectivity index (χ0) is 23.8. The van der Waals surface area contributed by atoms with Crippen molar-refractivity contribution >= 4 is 29.1 Å². The third-order valence-corrected chi connectivity index (χ3v) is 23.8. The summed E-state index contributed by atoms with van der Waals surface area (Å²) in [6, 6.07) is 11.3. The molecule has 0 bridgehead atoms. The number of unbranched alkanes of at least 4 members (excludes halogenated alkanes) is 3. The van der Waals surface area contributed by atoms with E-state index < -0.39 is 18.4 Å². The minimum atomic E-state index is -2.74. The molecule has 32 heavy (non-hydrogen) atoms. The maximum absolute atomic E-state index is 6.68. The van der Waals surface area contributed by atoms with E-state index in [0.717, 1.165) is 6.42 Å². The van der Waals surface area contributed by atoms with E-state index in [1.54, 1.807) is 3.59 Å². The molecular weight excluding hydrogens is 498 g/mol. The van der Waals surface area contributed by atoms with Gasteiger partial charge in [0.05, 0.1) is 0 Å². The summed E-state index contributed by atoms with van der Waals surface area (Å²) in [7, 11) is -0.221. The molecule has 2 rings (SSSR count). The first-order chi connectivity index (χ1) is 15.2. The van der Waals surface area contributed by atoms with Gasteiger partial charge < -0.3 is 0 Å². The van der Waals surface area contributed by atoms with Crippen LogP contribution in [-0.2, 0) is 9.31 Å². The Hall–Kier alpha value is -0.256. The van der Waals surface area contributed by atoms with Crippen molar-refractivity contribution in [3.63, 3.8) is 0 Å². The Morgan fingerprint density at radius 1 is 0.750 bits per heavy atom. The molecule has 4 heteroatoms. The molecule has 0 radical (unpaired) electrons. The van der Waals surface area contributed by atoms with E-state index >= 15 is 0 Å². The molecule has 1 aromatic carbocycles. The van der Waals surface area contributed by atoms with Crippen LogP contribution in [0.5, 0.6) is 0 Å². The second-order valence-electron chi connectivity index (χ2n) is 10.8. The zero-order valence-corrected chi connectivity index (χ0v) is 25.2. The number of allylic oxidation sites excluding steroid dienone is 1. The van der Waals surface area contributed by atoms with E-state index in [1.165, 1.54) is 62.9 Å². The van der Waals surface area contributed by atoms with E-state index in [1.807, 2.05) is 0 Å². The molecule has 1 saturated heterocycles. The monoisotopic (exact) mass is 548 g/mol. The molecule has 0 N–H and O–H groups in total. The summed E-state index contributed by atoms with van der Waals surface area (Å²) >= 11 is -2.74. The molecule has 0 spiro atoms. The van der Waals surface area contributed by atoms with Gasteiger partial charge in [0.15, 0.2) is 0 Å². The van der Waals surface area contributed by atoms with Gasteiger partial charge in [-0.2, -0.15) is 0 Å². The van der Waals surface area contributed by atoms with Gasteiger partial charge in [-0.1, -0.05) is 0 Å². The molecular formula is C28H49BO2Sn. The summed E-state index contributed by atoms with van der Waals surface area (Å²) in [6.07, 6.45) is 8.95. The second-order valence-corrected chi connectivity index (χ2v) is 23.8. The number of rotatable bonds is 13. The van der Waals surface area contributed by atoms with Crippen molar-refractivity contribution in [2.45, 2.75) is 125 Å². The van der Waals surface area contributed by atoms with Gasteiger partial charge in [0.25, 0.3) is 0 Å². The van der Waals surface area contributed by atoms with E-state index in [4.69, 9.17) is 9.31 Å². The molecule has 2 nitrogen and oxygen atoms in total. The fraction of sp³-hybridized carbons (Fsp3) is 0.714. The predicted molar refractivity (Wildman–Crippen MR) is 145 cm³/mol. The summed E-state index contributed by atoms with van der Waals surface area (Å²) in [5.74, 6) is 0. The molecule has 0 aromatic heterocycles. The SMILES string of the molecule is CCC[CH2][Sn]([CH2]CCC)([CH2]CCC)/[C](=C(/CC)B1OC(C)(C)C(C)(C)O1)c1ccccc1. The average molecular weight is 547 g/mol. The first-order valence-electron chi connectivity index (χ1n) is 13.3. The van der Waals surface area contributed by atoms with Crippen molar-refractivity contribution in [2.24, 2.45) is 0 Å². The summed E-state index contributed by atoms with van der Waals surface area (Å²) < 4.78 is 19.5. The van der Waals surface area contributed by atoms with Gasteiger partial charge in [-0.15, -0.1) is 0 Å². The molecule has 0 amide bonds. The Kier molecular flexibility index (Phi) is 10.9. The first-order valence-corrected chi connectivity index (χ1v) is 20.8. The Morgan fingerprint density at radius 2 is 1.19 bits per heavy atom. The molecule has 1 aliphatic heterocycles. The van der Waals surface area contributed by atoms with Crippen molar-refractivity contribution in [3.05, 3.63) is 41.4 Å². The minimum absolute atomic E-state index is 0.221. The fourth-order valence-corrected chi connectivity index (χ4v) is 23.3. The number of hydrogen-bond acceptors (Lipinski definition) is 2. The van der Waals surface area contributed by atoms with Crippen LogP contribution in [0.1, 0.15) is 106 Å². The first kappa shape index (κ1) is 28.0. The van der Waals surface area contributed by atoms with Crippen molar-refractivity contribution in [1.29, 1.82) is 0 Å². The van der Waals surface area contributed by atoms with Crippen molar-refractivity contribution < 1.29 is 9.31 Å². The van der Waals surface area contributed by atoms with Crippen LogP contribution in [0.2, 0.25) is 13.3 Å². The van der Waals surface area contributed by atoms with Crippen molar-refractivity contribution in [2.75, 3.05) is 0 Å². The Labute approximate surface area is 204 Å². The molecule has 0 aliphatic carbocycles. The van der Waals surface area contributed by atoms with E-state index in [2.05, 4.69) is 85.7 Å². The molecule has 1 aliphatic rings. The molecule has 0 saturated carbocycles. The molecule has 1 aromatic rings. The van der Waals surface area contributed by atoms with Gasteiger partial charge in [0, 0.05) is 0 Å². The quantitative estimate of drug-likeness (QED) is 0.230. The van der Waals surface area contributed by atoms with Crippen LogP contribution in [0.15, 0.2) is 35.8 Å². The van der Waals surface area contributed by atoms with Gasteiger partial charge in [-0.25, -0.2) is 0 Å². The van der Waals surface area contributed by atoms with E-state index in [9.17, 15) is 0 Å². The third-order valence-electron chi connectivity index (χ3n) is 7.86. The Morgan fingerprint density at radius 3 is 1.56 bits per heavy atom. The zero-order valence-electron chi connectivity index (χ0n) is 22.4. The number of hydrogen-bond donors (Lipinski definition) is 0. The van der Waals surface area contributed by atoms with Crippen molar-refractivity contribution in [1.82, 2.24) is 0 Å². The molecule has 1 heterocycles. The normalized spacial score (nSPS) is 18.7. The van der Waals surface area contributed by atoms with Crippen LogP contribution in [0.4, 0.5) is 0 Å². The van der Waals surface area contributed by atoms with Crippen LogP contribution in [0, 0.1) is 0 Å². The van der Waals surface area contributed by atoms with Gasteiger partial charge in [-0.3, -0.25) is 0 Å². The van der Waals surface area contributed by atoms with Crippen LogP contribution >= 0.6 is 0 Å². The maximum atomic E-state index is 6.68. The van der Waals surface area contributed by atoms with Gasteiger partial charge in [0.1, 0.15) is 0 Å². The van der Waals surface area contributed by atoms with Crippen LogP contribution in [0.3, 0.4) is 0 Å². The molecule has 0 unspecified atom stereocenters. The van der Waals surface area contributed by atoms with Gasteiger partial charge >= 0.3 is 205 Å². The molecule has 180 valence electrons. The summed E-state index contributed by atoms with van der Waals surface area (Å²) in [5.41, 5.74) is 2.31. The predicted octanol–water partition coefficient (Wildman–Crippen LogP) is 8.87. The third kappa shape index (κ3) is 6.45. The second kappa shape index (κ2) is 12.4. The van der Waals surface area contributed by atoms with Crippen LogP contribution in [-0.4, -0.2) is 36.7 Å². The van der Waals surface area contributed by atoms with E-state index in [-0.39, 0.29) is 18.3 Å². The summed E-state index contributed by atoms with van der Waals surface area (Å²) in [5, 5.41) is 0. The van der Waals surface area contributed by atoms with Crippen LogP contribution < -0.4 is 0 Å². The fourth-order valence-electron chi connectivity index (χ4n) is 5.18. The van der Waals surface area contributed by atoms with Crippen LogP contribution in [0.25, 0.3) is 3.59 Å².